The third-order valence-electron chi connectivity index (χ3n) is 1.41. The van der Waals surface area contributed by atoms with Gasteiger partial charge in [-0.25, -0.2) is 0 Å². The van der Waals surface area contributed by atoms with Crippen LogP contribution in [0.25, 0.3) is 0 Å². The Hall–Kier alpha value is -0.640. The molecule has 0 aromatic carbocycles. The van der Waals surface area contributed by atoms with Crippen molar-refractivity contribution >= 4 is 12.4 Å². The number of halogens is 1. The Labute approximate surface area is 78.4 Å². The molecule has 1 heterocycles. The number of methoxy groups -OCH3 is 1. The monoisotopic (exact) mass is 188 g/mol. The first-order chi connectivity index (χ1) is 5.34. The van der Waals surface area contributed by atoms with Gasteiger partial charge < -0.3 is 10.5 Å². The van der Waals surface area contributed by atoms with Crippen LogP contribution in [0.2, 0.25) is 0 Å². The van der Waals surface area contributed by atoms with Crippen LogP contribution < -0.4 is 5.73 Å². The van der Waals surface area contributed by atoms with Gasteiger partial charge in [-0.05, 0) is 12.1 Å². The fourth-order valence-electron chi connectivity index (χ4n) is 0.860. The number of aromatic nitrogens is 1. The van der Waals surface area contributed by atoms with Gasteiger partial charge in [0.2, 0.25) is 0 Å². The third-order valence-corrected chi connectivity index (χ3v) is 1.41. The molecule has 1 aromatic rings. The van der Waals surface area contributed by atoms with Gasteiger partial charge >= 0.3 is 0 Å². The Bertz CT molecular complexity index is 205. The fourth-order valence-corrected chi connectivity index (χ4v) is 0.860. The largest absolute Gasteiger partial charge is 0.383 e. The molecule has 0 amide bonds. The summed E-state index contributed by atoms with van der Waals surface area (Å²) in [7, 11) is 1.63. The van der Waals surface area contributed by atoms with Gasteiger partial charge in [0, 0.05) is 13.3 Å². The Balaban J connectivity index is 0.00000121. The molecule has 0 spiro atoms. The molecule has 0 saturated carbocycles. The molecule has 68 valence electrons. The van der Waals surface area contributed by atoms with Gasteiger partial charge in [-0.15, -0.1) is 12.4 Å². The highest BCUT2D eigenvalue weighted by molar-refractivity contribution is 5.85. The van der Waals surface area contributed by atoms with Crippen molar-refractivity contribution in [3.05, 3.63) is 30.1 Å². The second-order valence-corrected chi connectivity index (χ2v) is 2.32. The number of rotatable bonds is 3. The number of pyridine rings is 1. The van der Waals surface area contributed by atoms with E-state index in [0.717, 1.165) is 5.69 Å². The van der Waals surface area contributed by atoms with Crippen molar-refractivity contribution in [2.24, 2.45) is 5.73 Å². The smallest absolute Gasteiger partial charge is 0.0707 e. The summed E-state index contributed by atoms with van der Waals surface area (Å²) >= 11 is 0. The van der Waals surface area contributed by atoms with E-state index in [9.17, 15) is 0 Å². The molecular weight excluding hydrogens is 176 g/mol. The molecule has 0 aliphatic rings. The van der Waals surface area contributed by atoms with Crippen LogP contribution in [0.3, 0.4) is 0 Å². The van der Waals surface area contributed by atoms with E-state index in [1.165, 1.54) is 0 Å². The number of nitrogens with two attached hydrogens (primary N) is 1. The summed E-state index contributed by atoms with van der Waals surface area (Å²) in [6.07, 6.45) is 1.73. The summed E-state index contributed by atoms with van der Waals surface area (Å²) in [5.74, 6) is 0. The van der Waals surface area contributed by atoms with Crippen LogP contribution in [0.15, 0.2) is 24.4 Å². The first-order valence-electron chi connectivity index (χ1n) is 3.50. The highest BCUT2D eigenvalue weighted by atomic mass is 35.5. The van der Waals surface area contributed by atoms with Gasteiger partial charge in [-0.2, -0.15) is 0 Å². The van der Waals surface area contributed by atoms with Crippen LogP contribution in [0.1, 0.15) is 11.7 Å². The number of hydrogen-bond acceptors (Lipinski definition) is 3. The Morgan fingerprint density at radius 1 is 1.58 bits per heavy atom. The molecule has 0 fully saturated rings. The maximum atomic E-state index is 5.72. The molecule has 0 aliphatic carbocycles. The van der Waals surface area contributed by atoms with Gasteiger partial charge in [0.1, 0.15) is 0 Å². The highest BCUT2D eigenvalue weighted by Gasteiger charge is 2.04. The lowest BCUT2D eigenvalue weighted by molar-refractivity contribution is 0.179. The lowest BCUT2D eigenvalue weighted by atomic mass is 10.2. The SMILES string of the molecule is COCC(N)c1ccccn1.Cl. The lowest BCUT2D eigenvalue weighted by Crippen LogP contribution is -2.17. The first-order valence-corrected chi connectivity index (χ1v) is 3.50. The van der Waals surface area contributed by atoms with E-state index in [2.05, 4.69) is 4.98 Å². The van der Waals surface area contributed by atoms with Crippen LogP contribution in [0.5, 0.6) is 0 Å². The van der Waals surface area contributed by atoms with Gasteiger partial charge in [-0.1, -0.05) is 6.07 Å². The normalized spacial score (nSPS) is 11.8. The molecule has 0 radical (unpaired) electrons. The van der Waals surface area contributed by atoms with E-state index in [-0.39, 0.29) is 18.4 Å². The van der Waals surface area contributed by atoms with Crippen molar-refractivity contribution < 1.29 is 4.74 Å². The molecule has 0 aliphatic heterocycles. The predicted molar refractivity (Wildman–Crippen MR) is 50.3 cm³/mol. The molecule has 1 unspecified atom stereocenters. The van der Waals surface area contributed by atoms with E-state index >= 15 is 0 Å². The number of nitrogens with zero attached hydrogens (tertiary/aromatic N) is 1. The van der Waals surface area contributed by atoms with E-state index in [0.29, 0.717) is 6.61 Å². The summed E-state index contributed by atoms with van der Waals surface area (Å²) in [5.41, 5.74) is 6.59. The topological polar surface area (TPSA) is 48.1 Å². The molecular formula is C8H13ClN2O. The third kappa shape index (κ3) is 3.17. The highest BCUT2D eigenvalue weighted by Crippen LogP contribution is 2.04. The summed E-state index contributed by atoms with van der Waals surface area (Å²) in [6.45, 7) is 0.511. The van der Waals surface area contributed by atoms with Gasteiger partial charge in [0.15, 0.2) is 0 Å². The van der Waals surface area contributed by atoms with Crippen LogP contribution >= 0.6 is 12.4 Å². The summed E-state index contributed by atoms with van der Waals surface area (Å²) < 4.78 is 4.89. The predicted octanol–water partition coefficient (Wildman–Crippen LogP) is 1.15. The van der Waals surface area contributed by atoms with Gasteiger partial charge in [0.25, 0.3) is 0 Å². The molecule has 4 heteroatoms. The lowest BCUT2D eigenvalue weighted by Gasteiger charge is -2.08. The number of hydrogen-bond donors (Lipinski definition) is 1. The molecule has 0 saturated heterocycles. The zero-order chi connectivity index (χ0) is 8.10. The minimum atomic E-state index is -0.110. The second kappa shape index (κ2) is 5.94. The van der Waals surface area contributed by atoms with Crippen molar-refractivity contribution in [2.45, 2.75) is 6.04 Å². The van der Waals surface area contributed by atoms with Crippen LogP contribution in [0, 0.1) is 0 Å². The molecule has 1 atom stereocenters. The summed E-state index contributed by atoms with van der Waals surface area (Å²) in [4.78, 5) is 4.09. The van der Waals surface area contributed by atoms with Crippen molar-refractivity contribution in [1.29, 1.82) is 0 Å². The Morgan fingerprint density at radius 2 is 2.33 bits per heavy atom. The minimum Gasteiger partial charge on any atom is -0.383 e. The van der Waals surface area contributed by atoms with Gasteiger partial charge in [0.05, 0.1) is 18.3 Å². The van der Waals surface area contributed by atoms with E-state index in [1.54, 1.807) is 13.3 Å². The van der Waals surface area contributed by atoms with Crippen molar-refractivity contribution in [3.8, 4) is 0 Å². The molecule has 3 nitrogen and oxygen atoms in total. The van der Waals surface area contributed by atoms with Crippen molar-refractivity contribution in [3.63, 3.8) is 0 Å². The zero-order valence-corrected chi connectivity index (χ0v) is 7.75. The van der Waals surface area contributed by atoms with Crippen molar-refractivity contribution in [2.75, 3.05) is 13.7 Å². The van der Waals surface area contributed by atoms with Crippen LogP contribution in [-0.4, -0.2) is 18.7 Å². The van der Waals surface area contributed by atoms with Crippen LogP contribution in [0.4, 0.5) is 0 Å². The quantitative estimate of drug-likeness (QED) is 0.774. The molecule has 2 N–H and O–H groups in total. The summed E-state index contributed by atoms with van der Waals surface area (Å²) in [6, 6.07) is 5.56. The molecule has 1 rings (SSSR count). The average Bonchev–Trinajstić information content (AvgIpc) is 2.07. The summed E-state index contributed by atoms with van der Waals surface area (Å²) in [5, 5.41) is 0. The average molecular weight is 189 g/mol. The minimum absolute atomic E-state index is 0. The maximum absolute atomic E-state index is 5.72. The maximum Gasteiger partial charge on any atom is 0.0707 e. The zero-order valence-electron chi connectivity index (χ0n) is 6.93. The fraction of sp³-hybridized carbons (Fsp3) is 0.375. The Morgan fingerprint density at radius 3 is 2.83 bits per heavy atom. The Kier molecular flexibility index (Phi) is 5.62. The van der Waals surface area contributed by atoms with Crippen molar-refractivity contribution in [1.82, 2.24) is 4.98 Å². The van der Waals surface area contributed by atoms with E-state index < -0.39 is 0 Å². The van der Waals surface area contributed by atoms with E-state index in [1.807, 2.05) is 18.2 Å². The second-order valence-electron chi connectivity index (χ2n) is 2.32. The first kappa shape index (κ1) is 11.4. The van der Waals surface area contributed by atoms with Gasteiger partial charge in [-0.3, -0.25) is 4.98 Å². The number of ether oxygens (including phenoxy) is 1. The van der Waals surface area contributed by atoms with Crippen LogP contribution in [-0.2, 0) is 4.74 Å². The molecule has 1 aromatic heterocycles. The standard InChI is InChI=1S/C8H12N2O.ClH/c1-11-6-7(9)8-4-2-3-5-10-8;/h2-5,7H,6,9H2,1H3;1H. The van der Waals surface area contributed by atoms with E-state index in [4.69, 9.17) is 10.5 Å². The molecule has 0 bridgehead atoms. The molecule has 12 heavy (non-hydrogen) atoms.